The molecule has 23 heavy (non-hydrogen) atoms. The lowest BCUT2D eigenvalue weighted by Crippen LogP contribution is -2.32. The molecule has 0 aliphatic carbocycles. The third kappa shape index (κ3) is 3.47. The number of anilines is 1. The summed E-state index contributed by atoms with van der Waals surface area (Å²) in [5.74, 6) is -0.606. The molecule has 0 saturated heterocycles. The predicted molar refractivity (Wildman–Crippen MR) is 81.2 cm³/mol. The minimum absolute atomic E-state index is 0.0421. The summed E-state index contributed by atoms with van der Waals surface area (Å²) in [6.45, 7) is 3.42. The maximum atomic E-state index is 12.5. The highest BCUT2D eigenvalue weighted by Crippen LogP contribution is 2.13. The Bertz CT molecular complexity index is 777. The number of carbonyl (C=O) groups excluding carboxylic acids is 2. The summed E-state index contributed by atoms with van der Waals surface area (Å²) >= 11 is 0. The van der Waals surface area contributed by atoms with E-state index in [-0.39, 0.29) is 11.4 Å². The quantitative estimate of drug-likeness (QED) is 0.838. The number of rotatable bonds is 5. The van der Waals surface area contributed by atoms with Gasteiger partial charge in [-0.05, 0) is 25.5 Å². The van der Waals surface area contributed by atoms with Gasteiger partial charge in [-0.2, -0.15) is 0 Å². The van der Waals surface area contributed by atoms with Gasteiger partial charge in [-0.1, -0.05) is 12.1 Å². The Morgan fingerprint density at radius 1 is 1.48 bits per heavy atom. The van der Waals surface area contributed by atoms with E-state index in [9.17, 15) is 14.4 Å². The van der Waals surface area contributed by atoms with E-state index in [1.165, 1.54) is 30.0 Å². The fraction of sp³-hybridized carbons (Fsp3) is 0.333. The summed E-state index contributed by atoms with van der Waals surface area (Å²) in [6.07, 6.45) is 1.86. The van der Waals surface area contributed by atoms with Crippen LogP contribution in [0.25, 0.3) is 0 Å². The topological polar surface area (TPSA) is 103 Å². The van der Waals surface area contributed by atoms with Crippen molar-refractivity contribution in [1.82, 2.24) is 9.72 Å². The Balaban J connectivity index is 2.31. The Labute approximate surface area is 132 Å². The van der Waals surface area contributed by atoms with Crippen LogP contribution in [0.4, 0.5) is 5.69 Å². The number of pyridine rings is 1. The van der Waals surface area contributed by atoms with Crippen LogP contribution in [-0.2, 0) is 9.53 Å². The molecule has 0 aliphatic heterocycles. The van der Waals surface area contributed by atoms with Crippen molar-refractivity contribution in [2.75, 3.05) is 12.4 Å². The number of aryl methyl sites for hydroxylation is 1. The Morgan fingerprint density at radius 3 is 2.78 bits per heavy atom. The van der Waals surface area contributed by atoms with Gasteiger partial charge in [0.2, 0.25) is 0 Å². The molecule has 8 heteroatoms. The molecule has 1 N–H and O–H groups in total. The van der Waals surface area contributed by atoms with E-state index in [4.69, 9.17) is 9.26 Å². The average Bonchev–Trinajstić information content (AvgIpc) is 2.97. The van der Waals surface area contributed by atoms with Crippen LogP contribution in [0.3, 0.4) is 0 Å². The molecule has 1 atom stereocenters. The normalized spacial score (nSPS) is 11.8. The molecule has 2 aromatic heterocycles. The molecule has 2 heterocycles. The Hall–Kier alpha value is -2.90. The van der Waals surface area contributed by atoms with Crippen LogP contribution in [0.15, 0.2) is 33.7 Å². The van der Waals surface area contributed by atoms with Crippen molar-refractivity contribution < 1.29 is 18.8 Å². The minimum Gasteiger partial charge on any atom is -0.467 e. The molecule has 0 aliphatic rings. The second kappa shape index (κ2) is 6.91. The number of nitrogens with zero attached hydrogens (tertiary/aromatic N) is 2. The summed E-state index contributed by atoms with van der Waals surface area (Å²) < 4.78 is 10.8. The van der Waals surface area contributed by atoms with Crippen LogP contribution < -0.4 is 10.9 Å². The first-order valence-electron chi connectivity index (χ1n) is 7.01. The SMILES string of the molecule is CC[C@@H](C(=O)OC)n1cccc(NC(=O)c2cc(C)on2)c1=O. The molecular formula is C15H17N3O5. The van der Waals surface area contributed by atoms with E-state index >= 15 is 0 Å². The molecule has 2 rings (SSSR count). The van der Waals surface area contributed by atoms with Crippen molar-refractivity contribution in [1.29, 1.82) is 0 Å². The summed E-state index contributed by atoms with van der Waals surface area (Å²) in [7, 11) is 1.26. The zero-order chi connectivity index (χ0) is 17.0. The van der Waals surface area contributed by atoms with Gasteiger partial charge in [-0.15, -0.1) is 0 Å². The van der Waals surface area contributed by atoms with Gasteiger partial charge < -0.3 is 14.6 Å². The third-order valence-corrected chi connectivity index (χ3v) is 3.28. The molecule has 8 nitrogen and oxygen atoms in total. The summed E-state index contributed by atoms with van der Waals surface area (Å²) in [5.41, 5.74) is -0.392. The molecule has 0 saturated carbocycles. The van der Waals surface area contributed by atoms with E-state index in [1.54, 1.807) is 19.9 Å². The summed E-state index contributed by atoms with van der Waals surface area (Å²) in [6, 6.07) is 3.73. The van der Waals surface area contributed by atoms with E-state index in [1.807, 2.05) is 0 Å². The third-order valence-electron chi connectivity index (χ3n) is 3.28. The van der Waals surface area contributed by atoms with E-state index in [2.05, 4.69) is 10.5 Å². The molecule has 122 valence electrons. The first kappa shape index (κ1) is 16.5. The zero-order valence-corrected chi connectivity index (χ0v) is 13.0. The first-order valence-corrected chi connectivity index (χ1v) is 7.01. The van der Waals surface area contributed by atoms with Gasteiger partial charge in [0.05, 0.1) is 7.11 Å². The number of esters is 1. The number of carbonyl (C=O) groups is 2. The van der Waals surface area contributed by atoms with Gasteiger partial charge in [0.25, 0.3) is 11.5 Å². The second-order valence-electron chi connectivity index (χ2n) is 4.86. The van der Waals surface area contributed by atoms with Gasteiger partial charge >= 0.3 is 5.97 Å². The van der Waals surface area contributed by atoms with Crippen molar-refractivity contribution in [3.8, 4) is 0 Å². The van der Waals surface area contributed by atoms with Crippen LogP contribution in [0, 0.1) is 6.92 Å². The summed E-state index contributed by atoms with van der Waals surface area (Å²) in [4.78, 5) is 36.3. The molecular weight excluding hydrogens is 302 g/mol. The fourth-order valence-electron chi connectivity index (χ4n) is 2.12. The Kier molecular flexibility index (Phi) is 4.95. The Morgan fingerprint density at radius 2 is 2.22 bits per heavy atom. The molecule has 2 aromatic rings. The smallest absolute Gasteiger partial charge is 0.328 e. The molecule has 0 aromatic carbocycles. The number of hydrogen-bond acceptors (Lipinski definition) is 6. The van der Waals surface area contributed by atoms with Gasteiger partial charge in [0.1, 0.15) is 17.5 Å². The predicted octanol–water partition coefficient (Wildman–Crippen LogP) is 1.52. The van der Waals surface area contributed by atoms with Crippen LogP contribution >= 0.6 is 0 Å². The molecule has 0 fully saturated rings. The number of nitrogens with one attached hydrogen (secondary N) is 1. The maximum Gasteiger partial charge on any atom is 0.328 e. The van der Waals surface area contributed by atoms with E-state index in [0.29, 0.717) is 12.2 Å². The number of aromatic nitrogens is 2. The molecule has 0 radical (unpaired) electrons. The van der Waals surface area contributed by atoms with Crippen LogP contribution in [-0.4, -0.2) is 28.7 Å². The highest BCUT2D eigenvalue weighted by molar-refractivity contribution is 6.02. The number of amides is 1. The van der Waals surface area contributed by atoms with Crippen LogP contribution in [0.2, 0.25) is 0 Å². The van der Waals surface area contributed by atoms with Crippen molar-refractivity contribution in [2.24, 2.45) is 0 Å². The molecule has 0 bridgehead atoms. The van der Waals surface area contributed by atoms with E-state index < -0.39 is 23.5 Å². The number of hydrogen-bond donors (Lipinski definition) is 1. The van der Waals surface area contributed by atoms with Gasteiger partial charge in [0, 0.05) is 12.3 Å². The monoisotopic (exact) mass is 319 g/mol. The van der Waals surface area contributed by atoms with Gasteiger partial charge in [0.15, 0.2) is 5.69 Å². The fourth-order valence-corrected chi connectivity index (χ4v) is 2.12. The van der Waals surface area contributed by atoms with Crippen molar-refractivity contribution >= 4 is 17.6 Å². The van der Waals surface area contributed by atoms with E-state index in [0.717, 1.165) is 0 Å². The second-order valence-corrected chi connectivity index (χ2v) is 4.86. The maximum absolute atomic E-state index is 12.5. The average molecular weight is 319 g/mol. The van der Waals surface area contributed by atoms with Crippen LogP contribution in [0.1, 0.15) is 35.6 Å². The van der Waals surface area contributed by atoms with Crippen LogP contribution in [0.5, 0.6) is 0 Å². The van der Waals surface area contributed by atoms with Crippen molar-refractivity contribution in [3.05, 3.63) is 46.2 Å². The number of ether oxygens (including phenoxy) is 1. The van der Waals surface area contributed by atoms with Crippen molar-refractivity contribution in [2.45, 2.75) is 26.3 Å². The largest absolute Gasteiger partial charge is 0.467 e. The van der Waals surface area contributed by atoms with Gasteiger partial charge in [-0.25, -0.2) is 4.79 Å². The highest BCUT2D eigenvalue weighted by Gasteiger charge is 2.21. The minimum atomic E-state index is -0.751. The molecule has 1 amide bonds. The lowest BCUT2D eigenvalue weighted by molar-refractivity contribution is -0.144. The zero-order valence-electron chi connectivity index (χ0n) is 13.0. The highest BCUT2D eigenvalue weighted by atomic mass is 16.5. The first-order chi connectivity index (χ1) is 11.0. The molecule has 0 spiro atoms. The standard InChI is InChI=1S/C15H17N3O5/c1-4-12(15(21)22-3)18-7-5-6-10(14(18)20)16-13(19)11-8-9(2)23-17-11/h5-8,12H,4H2,1-3H3,(H,16,19)/t12-/m0/s1. The van der Waals surface area contributed by atoms with Crippen molar-refractivity contribution in [3.63, 3.8) is 0 Å². The molecule has 0 unspecified atom stereocenters. The number of methoxy groups -OCH3 is 1. The van der Waals surface area contributed by atoms with Gasteiger partial charge in [-0.3, -0.25) is 14.2 Å². The lowest BCUT2D eigenvalue weighted by Gasteiger charge is -2.16. The lowest BCUT2D eigenvalue weighted by atomic mass is 10.2. The summed E-state index contributed by atoms with van der Waals surface area (Å²) in [5, 5.41) is 6.06.